The second-order valence-electron chi connectivity index (χ2n) is 7.59. The van der Waals surface area contributed by atoms with E-state index in [0.29, 0.717) is 5.92 Å². The van der Waals surface area contributed by atoms with E-state index >= 15 is 0 Å². The summed E-state index contributed by atoms with van der Waals surface area (Å²) in [5, 5.41) is 14.7. The third kappa shape index (κ3) is 4.56. The third-order valence-corrected chi connectivity index (χ3v) is 7.39. The lowest BCUT2D eigenvalue weighted by Crippen LogP contribution is -2.44. The second-order valence-corrected chi connectivity index (χ2v) is 9.85. The maximum Gasteiger partial charge on any atom is 0.233 e. The molecule has 3 atom stereocenters. The minimum Gasteiger partial charge on any atom is -0.352 e. The molecule has 4 rings (SSSR count). The number of aromatic nitrogens is 3. The summed E-state index contributed by atoms with van der Waals surface area (Å²) in [5.74, 6) is 1.43. The highest BCUT2D eigenvalue weighted by Crippen LogP contribution is 2.32. The average Bonchev–Trinajstić information content (AvgIpc) is 3.40. The van der Waals surface area contributed by atoms with Crippen molar-refractivity contribution in [3.8, 4) is 16.4 Å². The first-order valence-electron chi connectivity index (χ1n) is 10.1. The molecule has 3 aromatic rings. The lowest BCUT2D eigenvalue weighted by atomic mass is 9.86. The monoisotopic (exact) mass is 426 g/mol. The summed E-state index contributed by atoms with van der Waals surface area (Å²) >= 11 is 3.10. The molecule has 2 aromatic heterocycles. The molecule has 7 heteroatoms. The number of benzene rings is 1. The smallest absolute Gasteiger partial charge is 0.233 e. The molecule has 0 aliphatic heterocycles. The van der Waals surface area contributed by atoms with Crippen LogP contribution in [0.5, 0.6) is 0 Å². The number of thiophene rings is 1. The Morgan fingerprint density at radius 2 is 1.97 bits per heavy atom. The SMILES string of the molecule is CC(Sc1nnc(-c2cccs2)n1-c1ccccc1)C(=O)NC1CCCCC1C. The van der Waals surface area contributed by atoms with Crippen LogP contribution in [-0.2, 0) is 4.79 Å². The van der Waals surface area contributed by atoms with Gasteiger partial charge in [-0.3, -0.25) is 9.36 Å². The fraction of sp³-hybridized carbons (Fsp3) is 0.409. The van der Waals surface area contributed by atoms with Crippen molar-refractivity contribution in [2.24, 2.45) is 5.92 Å². The van der Waals surface area contributed by atoms with Crippen LogP contribution in [0.15, 0.2) is 53.0 Å². The molecule has 152 valence electrons. The zero-order chi connectivity index (χ0) is 20.2. The van der Waals surface area contributed by atoms with Crippen molar-refractivity contribution in [2.75, 3.05) is 0 Å². The Labute approximate surface area is 179 Å². The largest absolute Gasteiger partial charge is 0.352 e. The minimum absolute atomic E-state index is 0.0778. The summed E-state index contributed by atoms with van der Waals surface area (Å²) in [7, 11) is 0. The van der Waals surface area contributed by atoms with Gasteiger partial charge >= 0.3 is 0 Å². The number of para-hydroxylation sites is 1. The van der Waals surface area contributed by atoms with Gasteiger partial charge in [-0.15, -0.1) is 21.5 Å². The number of rotatable bonds is 6. The number of hydrogen-bond donors (Lipinski definition) is 1. The molecule has 1 aliphatic rings. The molecule has 0 spiro atoms. The normalized spacial score (nSPS) is 20.3. The molecule has 3 unspecified atom stereocenters. The van der Waals surface area contributed by atoms with Gasteiger partial charge in [0.1, 0.15) is 0 Å². The lowest BCUT2D eigenvalue weighted by Gasteiger charge is -2.30. The first-order chi connectivity index (χ1) is 14.1. The Morgan fingerprint density at radius 3 is 2.69 bits per heavy atom. The standard InChI is InChI=1S/C22H26N4OS2/c1-15-9-6-7-12-18(15)23-21(27)16(2)29-22-25-24-20(19-13-8-14-28-19)26(22)17-10-4-3-5-11-17/h3-5,8,10-11,13-16,18H,6-7,9,12H2,1-2H3,(H,23,27). The Balaban J connectivity index is 1.56. The Hall–Kier alpha value is -2.12. The number of nitrogens with one attached hydrogen (secondary N) is 1. The minimum atomic E-state index is -0.244. The van der Waals surface area contributed by atoms with E-state index in [1.165, 1.54) is 31.0 Å². The molecule has 1 saturated carbocycles. The van der Waals surface area contributed by atoms with Gasteiger partial charge in [0.2, 0.25) is 5.91 Å². The predicted molar refractivity (Wildman–Crippen MR) is 120 cm³/mol. The fourth-order valence-electron chi connectivity index (χ4n) is 3.76. The van der Waals surface area contributed by atoms with Crippen molar-refractivity contribution in [3.05, 3.63) is 47.8 Å². The van der Waals surface area contributed by atoms with Crippen LogP contribution in [0.1, 0.15) is 39.5 Å². The van der Waals surface area contributed by atoms with Gasteiger partial charge in [-0.05, 0) is 49.3 Å². The molecule has 1 amide bonds. The summed E-state index contributed by atoms with van der Waals surface area (Å²) in [6.07, 6.45) is 4.73. The molecule has 2 heterocycles. The van der Waals surface area contributed by atoms with E-state index in [9.17, 15) is 4.79 Å². The van der Waals surface area contributed by atoms with E-state index in [1.54, 1.807) is 11.3 Å². The van der Waals surface area contributed by atoms with Crippen LogP contribution in [0.2, 0.25) is 0 Å². The average molecular weight is 427 g/mol. The summed E-state index contributed by atoms with van der Waals surface area (Å²) in [6.45, 7) is 4.18. The molecule has 1 fully saturated rings. The van der Waals surface area contributed by atoms with Crippen LogP contribution < -0.4 is 5.32 Å². The van der Waals surface area contributed by atoms with Gasteiger partial charge in [0.25, 0.3) is 0 Å². The highest BCUT2D eigenvalue weighted by Gasteiger charge is 2.27. The van der Waals surface area contributed by atoms with Crippen LogP contribution >= 0.6 is 23.1 Å². The van der Waals surface area contributed by atoms with Crippen LogP contribution in [0, 0.1) is 5.92 Å². The first kappa shape index (κ1) is 20.2. The first-order valence-corrected chi connectivity index (χ1v) is 11.9. The van der Waals surface area contributed by atoms with Crippen molar-refractivity contribution in [3.63, 3.8) is 0 Å². The maximum atomic E-state index is 12.9. The molecule has 0 bridgehead atoms. The van der Waals surface area contributed by atoms with Crippen molar-refractivity contribution in [1.82, 2.24) is 20.1 Å². The zero-order valence-corrected chi connectivity index (χ0v) is 18.4. The number of carbonyl (C=O) groups is 1. The summed E-state index contributed by atoms with van der Waals surface area (Å²) < 4.78 is 2.05. The molecule has 0 saturated heterocycles. The van der Waals surface area contributed by atoms with E-state index in [-0.39, 0.29) is 17.2 Å². The van der Waals surface area contributed by atoms with E-state index in [4.69, 9.17) is 0 Å². The molecule has 5 nitrogen and oxygen atoms in total. The highest BCUT2D eigenvalue weighted by atomic mass is 32.2. The topological polar surface area (TPSA) is 59.8 Å². The quantitative estimate of drug-likeness (QED) is 0.552. The van der Waals surface area contributed by atoms with Gasteiger partial charge in [-0.25, -0.2) is 0 Å². The fourth-order valence-corrected chi connectivity index (χ4v) is 5.34. The van der Waals surface area contributed by atoms with Gasteiger partial charge in [0.15, 0.2) is 11.0 Å². The number of nitrogens with zero attached hydrogens (tertiary/aromatic N) is 3. The highest BCUT2D eigenvalue weighted by molar-refractivity contribution is 8.00. The van der Waals surface area contributed by atoms with Crippen molar-refractivity contribution in [1.29, 1.82) is 0 Å². The number of amides is 1. The van der Waals surface area contributed by atoms with Gasteiger partial charge in [0.05, 0.1) is 10.1 Å². The van der Waals surface area contributed by atoms with E-state index in [0.717, 1.165) is 28.0 Å². The van der Waals surface area contributed by atoms with Gasteiger partial charge in [-0.1, -0.05) is 55.8 Å². The van der Waals surface area contributed by atoms with E-state index in [2.05, 4.69) is 22.4 Å². The summed E-state index contributed by atoms with van der Waals surface area (Å²) in [6, 6.07) is 14.4. The Kier molecular flexibility index (Phi) is 6.35. The molecule has 1 aliphatic carbocycles. The zero-order valence-electron chi connectivity index (χ0n) is 16.7. The number of thioether (sulfide) groups is 1. The number of carbonyl (C=O) groups excluding carboxylic acids is 1. The van der Waals surface area contributed by atoms with Crippen molar-refractivity contribution >= 4 is 29.0 Å². The van der Waals surface area contributed by atoms with Gasteiger partial charge in [-0.2, -0.15) is 0 Å². The number of hydrogen-bond acceptors (Lipinski definition) is 5. The second kappa shape index (κ2) is 9.13. The molecular weight excluding hydrogens is 400 g/mol. The van der Waals surface area contributed by atoms with Crippen LogP contribution in [0.3, 0.4) is 0 Å². The van der Waals surface area contributed by atoms with Gasteiger partial charge in [0, 0.05) is 11.7 Å². The Bertz CT molecular complexity index is 939. The van der Waals surface area contributed by atoms with Crippen molar-refractivity contribution in [2.45, 2.75) is 56.0 Å². The predicted octanol–water partition coefficient (Wildman–Crippen LogP) is 5.17. The maximum absolute atomic E-state index is 12.9. The lowest BCUT2D eigenvalue weighted by molar-refractivity contribution is -0.121. The summed E-state index contributed by atoms with van der Waals surface area (Å²) in [4.78, 5) is 13.9. The van der Waals surface area contributed by atoms with Crippen LogP contribution in [-0.4, -0.2) is 32.0 Å². The molecular formula is C22H26N4OS2. The van der Waals surface area contributed by atoms with Crippen LogP contribution in [0.4, 0.5) is 0 Å². The van der Waals surface area contributed by atoms with E-state index < -0.39 is 0 Å². The third-order valence-electron chi connectivity index (χ3n) is 5.48. The molecule has 29 heavy (non-hydrogen) atoms. The van der Waals surface area contributed by atoms with Gasteiger partial charge < -0.3 is 5.32 Å². The van der Waals surface area contributed by atoms with Crippen molar-refractivity contribution < 1.29 is 4.79 Å². The Morgan fingerprint density at radius 1 is 1.17 bits per heavy atom. The van der Waals surface area contributed by atoms with E-state index in [1.807, 2.05) is 59.3 Å². The van der Waals surface area contributed by atoms with Crippen LogP contribution in [0.25, 0.3) is 16.4 Å². The summed E-state index contributed by atoms with van der Waals surface area (Å²) in [5.41, 5.74) is 0.997. The molecule has 1 N–H and O–H groups in total. The molecule has 0 radical (unpaired) electrons. The molecule has 1 aromatic carbocycles.